The van der Waals surface area contributed by atoms with Crippen LogP contribution in [-0.2, 0) is 9.31 Å². The number of hydrogen-bond donors (Lipinski definition) is 1. The highest BCUT2D eigenvalue weighted by atomic mass is 32.2. The quantitative estimate of drug-likeness (QED) is 0.476. The molecule has 1 aromatic rings. The molecule has 0 N–H and O–H groups in total. The second-order valence-corrected chi connectivity index (χ2v) is 8.12. The molecule has 0 saturated carbocycles. The third-order valence-corrected chi connectivity index (χ3v) is 5.50. The normalized spacial score (nSPS) is 20.5. The van der Waals surface area contributed by atoms with Crippen LogP contribution in [0.3, 0.4) is 0 Å². The van der Waals surface area contributed by atoms with Crippen LogP contribution < -0.4 is 0 Å². The minimum atomic E-state index is -0.329. The summed E-state index contributed by atoms with van der Waals surface area (Å²) in [6, 6.07) is 8.53. The highest BCUT2D eigenvalue weighted by molar-refractivity contribution is 7.99. The van der Waals surface area contributed by atoms with E-state index in [0.29, 0.717) is 5.75 Å². The lowest BCUT2D eigenvalue weighted by Gasteiger charge is -2.32. The van der Waals surface area contributed by atoms with E-state index in [4.69, 9.17) is 9.31 Å². The van der Waals surface area contributed by atoms with Crippen LogP contribution in [0.5, 0.6) is 0 Å². The van der Waals surface area contributed by atoms with Gasteiger partial charge in [-0.2, -0.15) is 12.6 Å². The molecule has 0 atom stereocenters. The SMILES string of the molecule is CCSc1cccc(C=C(CS)B2OC(C)(C)C(C)(C)O2)c1. The summed E-state index contributed by atoms with van der Waals surface area (Å²) in [4.78, 5) is 1.28. The molecule has 1 heterocycles. The minimum absolute atomic E-state index is 0.320. The molecular formula is C17H25BO2S2. The summed E-state index contributed by atoms with van der Waals surface area (Å²) >= 11 is 6.31. The van der Waals surface area contributed by atoms with Crippen LogP contribution in [-0.4, -0.2) is 29.8 Å². The summed E-state index contributed by atoms with van der Waals surface area (Å²) in [5.74, 6) is 1.69. The van der Waals surface area contributed by atoms with Gasteiger partial charge in [0.25, 0.3) is 0 Å². The van der Waals surface area contributed by atoms with E-state index >= 15 is 0 Å². The van der Waals surface area contributed by atoms with Crippen LogP contribution >= 0.6 is 24.4 Å². The van der Waals surface area contributed by atoms with Gasteiger partial charge in [-0.1, -0.05) is 25.1 Å². The molecule has 22 heavy (non-hydrogen) atoms. The van der Waals surface area contributed by atoms with Crippen molar-refractivity contribution >= 4 is 37.6 Å². The van der Waals surface area contributed by atoms with E-state index in [1.807, 2.05) is 11.8 Å². The third-order valence-electron chi connectivity index (χ3n) is 4.26. The fraction of sp³-hybridized carbons (Fsp3) is 0.529. The zero-order valence-electron chi connectivity index (χ0n) is 14.1. The predicted molar refractivity (Wildman–Crippen MR) is 101 cm³/mol. The van der Waals surface area contributed by atoms with Crippen LogP contribution in [0, 0.1) is 0 Å². The topological polar surface area (TPSA) is 18.5 Å². The summed E-state index contributed by atoms with van der Waals surface area (Å²) in [5.41, 5.74) is 1.58. The molecule has 5 heteroatoms. The first kappa shape index (κ1) is 18.0. The number of thiol groups is 1. The van der Waals surface area contributed by atoms with Crippen LogP contribution in [0.25, 0.3) is 6.08 Å². The molecule has 1 aromatic carbocycles. The molecule has 2 nitrogen and oxygen atoms in total. The van der Waals surface area contributed by atoms with Crippen molar-refractivity contribution in [2.75, 3.05) is 11.5 Å². The fourth-order valence-corrected chi connectivity index (χ4v) is 3.23. The first-order chi connectivity index (χ1) is 10.3. The van der Waals surface area contributed by atoms with Gasteiger partial charge >= 0.3 is 7.12 Å². The Bertz CT molecular complexity index is 539. The van der Waals surface area contributed by atoms with E-state index in [2.05, 4.69) is 77.6 Å². The fourth-order valence-electron chi connectivity index (χ4n) is 2.26. The number of rotatable bonds is 5. The van der Waals surface area contributed by atoms with Gasteiger partial charge in [0, 0.05) is 10.6 Å². The van der Waals surface area contributed by atoms with Crippen molar-refractivity contribution in [1.29, 1.82) is 0 Å². The zero-order chi connectivity index (χ0) is 16.4. The molecule has 1 aliphatic rings. The maximum atomic E-state index is 6.12. The Morgan fingerprint density at radius 1 is 1.23 bits per heavy atom. The Balaban J connectivity index is 2.23. The molecule has 0 radical (unpaired) electrons. The van der Waals surface area contributed by atoms with Gasteiger partial charge in [-0.05, 0) is 56.6 Å². The number of benzene rings is 1. The zero-order valence-corrected chi connectivity index (χ0v) is 15.8. The molecule has 0 aliphatic carbocycles. The lowest BCUT2D eigenvalue weighted by atomic mass is 9.78. The average Bonchev–Trinajstić information content (AvgIpc) is 2.65. The van der Waals surface area contributed by atoms with Gasteiger partial charge in [0.15, 0.2) is 0 Å². The maximum absolute atomic E-state index is 6.12. The highest BCUT2D eigenvalue weighted by Gasteiger charge is 2.52. The van der Waals surface area contributed by atoms with Crippen molar-refractivity contribution in [3.63, 3.8) is 0 Å². The number of hydrogen-bond acceptors (Lipinski definition) is 4. The first-order valence-electron chi connectivity index (χ1n) is 7.69. The van der Waals surface area contributed by atoms with Crippen LogP contribution in [0.1, 0.15) is 40.2 Å². The Morgan fingerprint density at radius 2 is 1.86 bits per heavy atom. The number of thioether (sulfide) groups is 1. The molecule has 1 fully saturated rings. The van der Waals surface area contributed by atoms with Crippen molar-refractivity contribution in [2.24, 2.45) is 0 Å². The van der Waals surface area contributed by atoms with Crippen molar-refractivity contribution in [2.45, 2.75) is 50.7 Å². The van der Waals surface area contributed by atoms with Gasteiger partial charge < -0.3 is 9.31 Å². The van der Waals surface area contributed by atoms with E-state index in [0.717, 1.165) is 16.8 Å². The van der Waals surface area contributed by atoms with E-state index in [9.17, 15) is 0 Å². The highest BCUT2D eigenvalue weighted by Crippen LogP contribution is 2.39. The van der Waals surface area contributed by atoms with Crippen LogP contribution in [0.4, 0.5) is 0 Å². The largest absolute Gasteiger partial charge is 0.491 e. The maximum Gasteiger partial charge on any atom is 0.491 e. The Kier molecular flexibility index (Phi) is 5.76. The van der Waals surface area contributed by atoms with Gasteiger partial charge in [-0.25, -0.2) is 0 Å². The molecular weight excluding hydrogens is 311 g/mol. The molecule has 2 rings (SSSR count). The van der Waals surface area contributed by atoms with Gasteiger partial charge in [-0.3, -0.25) is 0 Å². The minimum Gasteiger partial charge on any atom is -0.400 e. The second kappa shape index (κ2) is 7.04. The van der Waals surface area contributed by atoms with E-state index in [1.54, 1.807) is 0 Å². The van der Waals surface area contributed by atoms with Gasteiger partial charge in [0.1, 0.15) is 0 Å². The predicted octanol–water partition coefficient (Wildman–Crippen LogP) is 4.74. The first-order valence-corrected chi connectivity index (χ1v) is 9.30. The molecule has 120 valence electrons. The standard InChI is InChI=1S/C17H25BO2S2/c1-6-22-15-9-7-8-13(11-15)10-14(12-21)18-19-16(2,3)17(4,5)20-18/h7-11,21H,6,12H2,1-5H3. The van der Waals surface area contributed by atoms with Crippen LogP contribution in [0.15, 0.2) is 34.6 Å². The summed E-state index contributed by atoms with van der Waals surface area (Å²) in [5, 5.41) is 0. The lowest BCUT2D eigenvalue weighted by Crippen LogP contribution is -2.41. The summed E-state index contributed by atoms with van der Waals surface area (Å²) in [6.45, 7) is 10.4. The monoisotopic (exact) mass is 336 g/mol. The Hall–Kier alpha value is -0.355. The Labute approximate surface area is 144 Å². The van der Waals surface area contributed by atoms with E-state index < -0.39 is 0 Å². The summed E-state index contributed by atoms with van der Waals surface area (Å²) in [7, 11) is -0.329. The van der Waals surface area contributed by atoms with Crippen LogP contribution in [0.2, 0.25) is 0 Å². The van der Waals surface area contributed by atoms with Crippen molar-refractivity contribution in [3.05, 3.63) is 35.3 Å². The Morgan fingerprint density at radius 3 is 2.41 bits per heavy atom. The van der Waals surface area contributed by atoms with E-state index in [-0.39, 0.29) is 18.3 Å². The van der Waals surface area contributed by atoms with Gasteiger partial charge in [-0.15, -0.1) is 11.8 Å². The molecule has 1 saturated heterocycles. The van der Waals surface area contributed by atoms with Gasteiger partial charge in [0.05, 0.1) is 11.2 Å². The van der Waals surface area contributed by atoms with E-state index in [1.165, 1.54) is 4.90 Å². The molecule has 0 amide bonds. The summed E-state index contributed by atoms with van der Waals surface area (Å²) < 4.78 is 12.2. The van der Waals surface area contributed by atoms with Crippen molar-refractivity contribution in [1.82, 2.24) is 0 Å². The van der Waals surface area contributed by atoms with Crippen molar-refractivity contribution < 1.29 is 9.31 Å². The lowest BCUT2D eigenvalue weighted by molar-refractivity contribution is 0.00578. The molecule has 0 spiro atoms. The molecule has 0 unspecified atom stereocenters. The average molecular weight is 336 g/mol. The summed E-state index contributed by atoms with van der Waals surface area (Å²) in [6.07, 6.45) is 2.13. The molecule has 0 aromatic heterocycles. The van der Waals surface area contributed by atoms with Crippen molar-refractivity contribution in [3.8, 4) is 0 Å². The smallest absolute Gasteiger partial charge is 0.400 e. The second-order valence-electron chi connectivity index (χ2n) is 6.47. The third kappa shape index (κ3) is 3.94. The molecule has 1 aliphatic heterocycles. The van der Waals surface area contributed by atoms with Gasteiger partial charge in [0.2, 0.25) is 0 Å². The molecule has 0 bridgehead atoms.